The highest BCUT2D eigenvalue weighted by Gasteiger charge is 2.09. The van der Waals surface area contributed by atoms with Crippen LogP contribution in [-0.4, -0.2) is 32.3 Å². The first kappa shape index (κ1) is 12.2. The molecule has 6 heteroatoms. The number of aryl methyl sites for hydroxylation is 2. The number of nitrogens with zero attached hydrogens (tertiary/aromatic N) is 4. The first-order valence-corrected chi connectivity index (χ1v) is 5.65. The summed E-state index contributed by atoms with van der Waals surface area (Å²) in [6.07, 6.45) is 1.48. The molecule has 0 amide bonds. The van der Waals surface area contributed by atoms with Crippen LogP contribution < -0.4 is 0 Å². The van der Waals surface area contributed by atoms with E-state index in [4.69, 9.17) is 4.74 Å². The summed E-state index contributed by atoms with van der Waals surface area (Å²) >= 11 is 0. The molecule has 0 bridgehead atoms. The van der Waals surface area contributed by atoms with E-state index in [0.29, 0.717) is 23.8 Å². The summed E-state index contributed by atoms with van der Waals surface area (Å²) in [6, 6.07) is 3.38. The lowest BCUT2D eigenvalue weighted by molar-refractivity contribution is 0.0526. The molecule has 6 nitrogen and oxygen atoms in total. The van der Waals surface area contributed by atoms with Crippen LogP contribution in [0.2, 0.25) is 0 Å². The van der Waals surface area contributed by atoms with Gasteiger partial charge in [0.2, 0.25) is 0 Å². The number of carbonyl (C=O) groups is 1. The predicted octanol–water partition coefficient (Wildman–Crippen LogP) is 1.46. The second-order valence-electron chi connectivity index (χ2n) is 3.74. The topological polar surface area (TPSA) is 69.9 Å². The number of carbonyl (C=O) groups excluding carboxylic acids is 1. The Bertz CT molecular complexity index is 560. The molecule has 0 spiro atoms. The van der Waals surface area contributed by atoms with E-state index in [1.807, 2.05) is 13.8 Å². The van der Waals surface area contributed by atoms with E-state index in [2.05, 4.69) is 15.1 Å². The van der Waals surface area contributed by atoms with Crippen molar-refractivity contribution >= 4 is 5.97 Å². The highest BCUT2D eigenvalue weighted by molar-refractivity contribution is 5.89. The van der Waals surface area contributed by atoms with Gasteiger partial charge in [0.25, 0.3) is 0 Å². The minimum absolute atomic E-state index is 0.349. The van der Waals surface area contributed by atoms with Gasteiger partial charge in [0.1, 0.15) is 11.6 Å². The van der Waals surface area contributed by atoms with Crippen LogP contribution in [-0.2, 0) is 4.74 Å². The molecule has 2 aromatic heterocycles. The first-order valence-electron chi connectivity index (χ1n) is 5.65. The third kappa shape index (κ3) is 2.37. The van der Waals surface area contributed by atoms with Gasteiger partial charge in [-0.25, -0.2) is 14.8 Å². The summed E-state index contributed by atoms with van der Waals surface area (Å²) in [4.78, 5) is 19.8. The summed E-state index contributed by atoms with van der Waals surface area (Å²) in [5, 5.41) is 4.22. The Morgan fingerprint density at radius 3 is 2.67 bits per heavy atom. The van der Waals surface area contributed by atoms with Gasteiger partial charge >= 0.3 is 5.97 Å². The Morgan fingerprint density at radius 2 is 2.17 bits per heavy atom. The van der Waals surface area contributed by atoms with Crippen LogP contribution in [0, 0.1) is 13.8 Å². The summed E-state index contributed by atoms with van der Waals surface area (Å²) in [7, 11) is 0. The van der Waals surface area contributed by atoms with Crippen molar-refractivity contribution in [3.05, 3.63) is 35.5 Å². The first-order chi connectivity index (χ1) is 8.61. The van der Waals surface area contributed by atoms with Crippen molar-refractivity contribution in [2.45, 2.75) is 20.8 Å². The number of rotatable bonds is 3. The molecular formula is C12H14N4O2. The summed E-state index contributed by atoms with van der Waals surface area (Å²) < 4.78 is 6.52. The molecule has 0 fully saturated rings. The zero-order chi connectivity index (χ0) is 13.1. The van der Waals surface area contributed by atoms with Crippen LogP contribution in [0.3, 0.4) is 0 Å². The maximum absolute atomic E-state index is 11.5. The minimum atomic E-state index is -0.372. The Hall–Kier alpha value is -2.24. The maximum atomic E-state index is 11.5. The quantitative estimate of drug-likeness (QED) is 0.767. The molecule has 18 heavy (non-hydrogen) atoms. The molecule has 0 atom stereocenters. The van der Waals surface area contributed by atoms with Gasteiger partial charge in [-0.2, -0.15) is 4.68 Å². The highest BCUT2D eigenvalue weighted by atomic mass is 16.5. The lowest BCUT2D eigenvalue weighted by atomic mass is 10.3. The SMILES string of the molecule is CCOC(=O)c1ccc(-n2nc(C)nc2C)nc1. The van der Waals surface area contributed by atoms with Gasteiger partial charge in [-0.3, -0.25) is 0 Å². The molecule has 0 unspecified atom stereocenters. The molecule has 2 heterocycles. The van der Waals surface area contributed by atoms with Crippen LogP contribution in [0.4, 0.5) is 0 Å². The zero-order valence-corrected chi connectivity index (χ0v) is 10.5. The standard InChI is InChI=1S/C12H14N4O2/c1-4-18-12(17)10-5-6-11(13-7-10)16-9(3)14-8(2)15-16/h5-7H,4H2,1-3H3. The summed E-state index contributed by atoms with van der Waals surface area (Å²) in [5.41, 5.74) is 0.426. The monoisotopic (exact) mass is 246 g/mol. The number of esters is 1. The van der Waals surface area contributed by atoms with E-state index in [0.717, 1.165) is 5.82 Å². The fourth-order valence-corrected chi connectivity index (χ4v) is 1.58. The van der Waals surface area contributed by atoms with Crippen molar-refractivity contribution in [3.8, 4) is 5.82 Å². The van der Waals surface area contributed by atoms with E-state index in [9.17, 15) is 4.79 Å². The molecule has 0 saturated carbocycles. The van der Waals surface area contributed by atoms with Crippen LogP contribution in [0.1, 0.15) is 28.9 Å². The van der Waals surface area contributed by atoms with Gasteiger partial charge in [0.05, 0.1) is 12.2 Å². The van der Waals surface area contributed by atoms with Crippen molar-refractivity contribution in [1.82, 2.24) is 19.7 Å². The third-order valence-corrected chi connectivity index (χ3v) is 2.35. The number of ether oxygens (including phenoxy) is 1. The van der Waals surface area contributed by atoms with Crippen molar-refractivity contribution < 1.29 is 9.53 Å². The smallest absolute Gasteiger partial charge is 0.339 e. The van der Waals surface area contributed by atoms with E-state index < -0.39 is 0 Å². The molecule has 0 saturated heterocycles. The van der Waals surface area contributed by atoms with Crippen molar-refractivity contribution in [3.63, 3.8) is 0 Å². The molecule has 0 aromatic carbocycles. The van der Waals surface area contributed by atoms with Crippen molar-refractivity contribution in [1.29, 1.82) is 0 Å². The fourth-order valence-electron chi connectivity index (χ4n) is 1.58. The predicted molar refractivity (Wildman–Crippen MR) is 64.6 cm³/mol. The van der Waals surface area contributed by atoms with E-state index in [-0.39, 0.29) is 5.97 Å². The molecule has 0 N–H and O–H groups in total. The number of hydrogen-bond donors (Lipinski definition) is 0. The molecular weight excluding hydrogens is 232 g/mol. The number of aromatic nitrogens is 4. The van der Waals surface area contributed by atoms with Crippen molar-refractivity contribution in [2.75, 3.05) is 6.61 Å². The summed E-state index contributed by atoms with van der Waals surface area (Å²) in [6.45, 7) is 5.78. The van der Waals surface area contributed by atoms with Gasteiger partial charge in [0, 0.05) is 6.20 Å². The van der Waals surface area contributed by atoms with Crippen LogP contribution in [0.25, 0.3) is 5.82 Å². The molecule has 2 rings (SSSR count). The molecule has 2 aromatic rings. The van der Waals surface area contributed by atoms with Crippen LogP contribution in [0.5, 0.6) is 0 Å². The van der Waals surface area contributed by atoms with Gasteiger partial charge < -0.3 is 4.74 Å². The highest BCUT2D eigenvalue weighted by Crippen LogP contribution is 2.08. The molecule has 0 aliphatic rings. The number of hydrogen-bond acceptors (Lipinski definition) is 5. The zero-order valence-electron chi connectivity index (χ0n) is 10.5. The lowest BCUT2D eigenvalue weighted by Gasteiger charge is -2.04. The normalized spacial score (nSPS) is 10.4. The number of pyridine rings is 1. The van der Waals surface area contributed by atoms with Gasteiger partial charge in [-0.1, -0.05) is 0 Å². The van der Waals surface area contributed by atoms with Crippen LogP contribution in [0.15, 0.2) is 18.3 Å². The van der Waals surface area contributed by atoms with Gasteiger partial charge in [-0.15, -0.1) is 5.10 Å². The lowest BCUT2D eigenvalue weighted by Crippen LogP contribution is -2.07. The van der Waals surface area contributed by atoms with E-state index >= 15 is 0 Å². The Labute approximate surface area is 105 Å². The Kier molecular flexibility index (Phi) is 3.36. The third-order valence-electron chi connectivity index (χ3n) is 2.35. The fraction of sp³-hybridized carbons (Fsp3) is 0.333. The Balaban J connectivity index is 2.27. The van der Waals surface area contributed by atoms with E-state index in [1.54, 1.807) is 23.7 Å². The second kappa shape index (κ2) is 4.95. The molecule has 0 aliphatic carbocycles. The maximum Gasteiger partial charge on any atom is 0.339 e. The Morgan fingerprint density at radius 1 is 1.39 bits per heavy atom. The average Bonchev–Trinajstić information content (AvgIpc) is 2.69. The van der Waals surface area contributed by atoms with Gasteiger partial charge in [-0.05, 0) is 32.9 Å². The molecule has 0 aliphatic heterocycles. The van der Waals surface area contributed by atoms with Gasteiger partial charge in [0.15, 0.2) is 5.82 Å². The van der Waals surface area contributed by atoms with Crippen LogP contribution >= 0.6 is 0 Å². The van der Waals surface area contributed by atoms with E-state index in [1.165, 1.54) is 6.20 Å². The second-order valence-corrected chi connectivity index (χ2v) is 3.74. The average molecular weight is 246 g/mol. The largest absolute Gasteiger partial charge is 0.462 e. The van der Waals surface area contributed by atoms with Crippen molar-refractivity contribution in [2.24, 2.45) is 0 Å². The molecule has 0 radical (unpaired) electrons. The molecule has 94 valence electrons. The minimum Gasteiger partial charge on any atom is -0.462 e. The summed E-state index contributed by atoms with van der Waals surface area (Å²) in [5.74, 6) is 1.69.